The van der Waals surface area contributed by atoms with E-state index in [2.05, 4.69) is 15.4 Å². The molecule has 0 radical (unpaired) electrons. The van der Waals surface area contributed by atoms with E-state index in [1.807, 2.05) is 6.92 Å². The zero-order valence-corrected chi connectivity index (χ0v) is 11.0. The molecule has 0 aromatic carbocycles. The lowest BCUT2D eigenvalue weighted by molar-refractivity contribution is 0.101. The number of nitrogens with zero attached hydrogens (tertiary/aromatic N) is 3. The van der Waals surface area contributed by atoms with Crippen molar-refractivity contribution in [1.29, 1.82) is 0 Å². The molecule has 0 saturated carbocycles. The molecule has 0 aliphatic heterocycles. The Labute approximate surface area is 109 Å². The first-order chi connectivity index (χ1) is 8.78. The van der Waals surface area contributed by atoms with Gasteiger partial charge in [0.05, 0.1) is 5.69 Å². The van der Waals surface area contributed by atoms with Gasteiger partial charge in [-0.3, -0.25) is 14.8 Å². The van der Waals surface area contributed by atoms with Crippen molar-refractivity contribution in [1.82, 2.24) is 14.8 Å². The Bertz CT molecular complexity index is 565. The summed E-state index contributed by atoms with van der Waals surface area (Å²) < 4.78 is 1.68. The number of carbonyl (C=O) groups excluding carboxylic acids is 1. The van der Waals surface area contributed by atoms with E-state index < -0.39 is 0 Å². The van der Waals surface area contributed by atoms with Crippen LogP contribution in [0.1, 0.15) is 34.4 Å². The Morgan fingerprint density at radius 1 is 1.56 bits per heavy atom. The summed E-state index contributed by atoms with van der Waals surface area (Å²) in [6, 6.07) is 1.72. The molecule has 5 nitrogen and oxygen atoms in total. The van der Waals surface area contributed by atoms with E-state index in [0.717, 1.165) is 18.5 Å². The zero-order valence-electron chi connectivity index (χ0n) is 10.1. The van der Waals surface area contributed by atoms with Crippen molar-refractivity contribution >= 4 is 22.4 Å². The van der Waals surface area contributed by atoms with E-state index in [9.17, 15) is 4.79 Å². The van der Waals surface area contributed by atoms with Gasteiger partial charge in [0.1, 0.15) is 5.69 Å². The summed E-state index contributed by atoms with van der Waals surface area (Å²) in [7, 11) is 0. The second kappa shape index (κ2) is 4.53. The molecule has 3 rings (SSSR count). The highest BCUT2D eigenvalue weighted by atomic mass is 32.1. The summed E-state index contributed by atoms with van der Waals surface area (Å²) in [4.78, 5) is 17.8. The number of carbonyl (C=O) groups is 1. The first-order valence-electron chi connectivity index (χ1n) is 6.09. The molecule has 2 aromatic heterocycles. The van der Waals surface area contributed by atoms with Gasteiger partial charge in [-0.2, -0.15) is 5.10 Å². The normalized spacial score (nSPS) is 13.6. The fourth-order valence-corrected chi connectivity index (χ4v) is 3.23. The third-order valence-corrected chi connectivity index (χ3v) is 4.14. The minimum absolute atomic E-state index is 0.137. The van der Waals surface area contributed by atoms with Gasteiger partial charge in [0.15, 0.2) is 5.13 Å². The number of fused-ring (bicyclic) bond motifs is 1. The SMILES string of the molecule is CCn1nccc1C(=O)Nc1nc2c(s1)CCC2. The number of nitrogens with one attached hydrogen (secondary N) is 1. The fourth-order valence-electron chi connectivity index (χ4n) is 2.18. The predicted molar refractivity (Wildman–Crippen MR) is 70.0 cm³/mol. The van der Waals surface area contributed by atoms with Crippen LogP contribution in [0.4, 0.5) is 5.13 Å². The minimum Gasteiger partial charge on any atom is -0.296 e. The maximum absolute atomic E-state index is 12.1. The van der Waals surface area contributed by atoms with E-state index in [1.54, 1.807) is 28.3 Å². The van der Waals surface area contributed by atoms with E-state index >= 15 is 0 Å². The van der Waals surface area contributed by atoms with Crippen LogP contribution >= 0.6 is 11.3 Å². The van der Waals surface area contributed by atoms with E-state index in [4.69, 9.17) is 0 Å². The smallest absolute Gasteiger partial charge is 0.275 e. The molecule has 1 N–H and O–H groups in total. The summed E-state index contributed by atoms with van der Waals surface area (Å²) >= 11 is 1.59. The summed E-state index contributed by atoms with van der Waals surface area (Å²) in [6.45, 7) is 2.64. The van der Waals surface area contributed by atoms with Gasteiger partial charge in [0.25, 0.3) is 5.91 Å². The lowest BCUT2D eigenvalue weighted by Crippen LogP contribution is -2.17. The fraction of sp³-hybridized carbons (Fsp3) is 0.417. The maximum atomic E-state index is 12.1. The first kappa shape index (κ1) is 11.4. The maximum Gasteiger partial charge on any atom is 0.275 e. The van der Waals surface area contributed by atoms with E-state index in [1.165, 1.54) is 11.3 Å². The van der Waals surface area contributed by atoms with Crippen molar-refractivity contribution in [2.45, 2.75) is 32.7 Å². The lowest BCUT2D eigenvalue weighted by atomic mass is 10.4. The molecule has 1 aliphatic carbocycles. The lowest BCUT2D eigenvalue weighted by Gasteiger charge is -2.03. The van der Waals surface area contributed by atoms with Gasteiger partial charge in [0.2, 0.25) is 0 Å². The number of rotatable bonds is 3. The number of hydrogen-bond acceptors (Lipinski definition) is 4. The Morgan fingerprint density at radius 3 is 3.22 bits per heavy atom. The van der Waals surface area contributed by atoms with Crippen molar-refractivity contribution in [2.75, 3.05) is 5.32 Å². The molecular weight excluding hydrogens is 248 g/mol. The Morgan fingerprint density at radius 2 is 2.44 bits per heavy atom. The standard InChI is InChI=1S/C12H14N4OS/c1-2-16-9(6-7-13-16)11(17)15-12-14-8-4-3-5-10(8)18-12/h6-7H,2-5H2,1H3,(H,14,15,17). The van der Waals surface area contributed by atoms with Crippen LogP contribution in [0.3, 0.4) is 0 Å². The van der Waals surface area contributed by atoms with Crippen LogP contribution in [-0.4, -0.2) is 20.7 Å². The first-order valence-corrected chi connectivity index (χ1v) is 6.91. The second-order valence-corrected chi connectivity index (χ2v) is 5.31. The molecule has 0 unspecified atom stereocenters. The van der Waals surface area contributed by atoms with Gasteiger partial charge in [-0.15, -0.1) is 11.3 Å². The molecule has 6 heteroatoms. The van der Waals surface area contributed by atoms with Crippen molar-refractivity contribution in [3.05, 3.63) is 28.5 Å². The quantitative estimate of drug-likeness (QED) is 0.921. The number of anilines is 1. The highest BCUT2D eigenvalue weighted by Gasteiger charge is 2.19. The van der Waals surface area contributed by atoms with Crippen LogP contribution in [0.5, 0.6) is 0 Å². The summed E-state index contributed by atoms with van der Waals surface area (Å²) in [5, 5.41) is 7.64. The van der Waals surface area contributed by atoms with Gasteiger partial charge >= 0.3 is 0 Å². The average molecular weight is 262 g/mol. The Hall–Kier alpha value is -1.69. The molecule has 0 atom stereocenters. The second-order valence-electron chi connectivity index (χ2n) is 4.23. The molecule has 18 heavy (non-hydrogen) atoms. The van der Waals surface area contributed by atoms with Crippen LogP contribution in [-0.2, 0) is 19.4 Å². The van der Waals surface area contributed by atoms with E-state index in [0.29, 0.717) is 17.4 Å². The van der Waals surface area contributed by atoms with Crippen molar-refractivity contribution in [3.8, 4) is 0 Å². The van der Waals surface area contributed by atoms with Crippen LogP contribution < -0.4 is 5.32 Å². The minimum atomic E-state index is -0.137. The van der Waals surface area contributed by atoms with Gasteiger partial charge in [-0.05, 0) is 32.3 Å². The van der Waals surface area contributed by atoms with Crippen molar-refractivity contribution in [3.63, 3.8) is 0 Å². The summed E-state index contributed by atoms with van der Waals surface area (Å²) in [5.74, 6) is -0.137. The Balaban J connectivity index is 1.78. The number of aryl methyl sites for hydroxylation is 3. The summed E-state index contributed by atoms with van der Waals surface area (Å²) in [5.41, 5.74) is 1.73. The number of aromatic nitrogens is 3. The molecule has 94 valence electrons. The van der Waals surface area contributed by atoms with E-state index in [-0.39, 0.29) is 5.91 Å². The number of thiazole rings is 1. The molecule has 0 bridgehead atoms. The number of hydrogen-bond donors (Lipinski definition) is 1. The zero-order chi connectivity index (χ0) is 12.5. The highest BCUT2D eigenvalue weighted by Crippen LogP contribution is 2.30. The molecule has 1 amide bonds. The van der Waals surface area contributed by atoms with Gasteiger partial charge in [-0.25, -0.2) is 4.98 Å². The average Bonchev–Trinajstić information content (AvgIpc) is 3.02. The number of amides is 1. The molecule has 0 saturated heterocycles. The molecule has 2 aromatic rings. The largest absolute Gasteiger partial charge is 0.296 e. The highest BCUT2D eigenvalue weighted by molar-refractivity contribution is 7.15. The topological polar surface area (TPSA) is 59.8 Å². The Kier molecular flexibility index (Phi) is 2.87. The molecule has 1 aliphatic rings. The van der Waals surface area contributed by atoms with Crippen molar-refractivity contribution < 1.29 is 4.79 Å². The summed E-state index contributed by atoms with van der Waals surface area (Å²) in [6.07, 6.45) is 4.95. The van der Waals surface area contributed by atoms with Crippen molar-refractivity contribution in [2.24, 2.45) is 0 Å². The third-order valence-electron chi connectivity index (χ3n) is 3.06. The molecule has 0 spiro atoms. The molecule has 2 heterocycles. The molecule has 0 fully saturated rings. The van der Waals surface area contributed by atoms with Crippen LogP contribution in [0.25, 0.3) is 0 Å². The van der Waals surface area contributed by atoms with Crippen LogP contribution in [0.2, 0.25) is 0 Å². The van der Waals surface area contributed by atoms with Gasteiger partial charge in [0, 0.05) is 17.6 Å². The van der Waals surface area contributed by atoms with Crippen LogP contribution in [0.15, 0.2) is 12.3 Å². The van der Waals surface area contributed by atoms with Gasteiger partial charge in [-0.1, -0.05) is 0 Å². The van der Waals surface area contributed by atoms with Gasteiger partial charge < -0.3 is 0 Å². The van der Waals surface area contributed by atoms with Crippen LogP contribution in [0, 0.1) is 0 Å². The molecular formula is C12H14N4OS. The third kappa shape index (κ3) is 1.92. The predicted octanol–water partition coefficient (Wildman–Crippen LogP) is 2.10. The monoisotopic (exact) mass is 262 g/mol.